The van der Waals surface area contributed by atoms with Crippen molar-refractivity contribution in [2.45, 2.75) is 81.5 Å². The van der Waals surface area contributed by atoms with Gasteiger partial charge in [-0.15, -0.1) is 0 Å². The number of halogens is 4. The molecule has 4 unspecified atom stereocenters. The molecule has 5 aliphatic heterocycles. The van der Waals surface area contributed by atoms with Crippen LogP contribution in [0, 0.1) is 5.82 Å². The number of ether oxygens (including phenoxy) is 4. The summed E-state index contributed by atoms with van der Waals surface area (Å²) in [5.41, 5.74) is -0.273. The van der Waals surface area contributed by atoms with E-state index in [1.54, 1.807) is 0 Å². The fourth-order valence-electron chi connectivity index (χ4n) is 7.05. The highest BCUT2D eigenvalue weighted by atomic mass is 79.9. The quantitative estimate of drug-likeness (QED) is 0.407. The minimum absolute atomic E-state index is 0.0228. The Morgan fingerprint density at radius 2 is 2.08 bits per heavy atom. The number of rotatable bonds is 5. The molecule has 0 bridgehead atoms. The van der Waals surface area contributed by atoms with Crippen molar-refractivity contribution in [2.75, 3.05) is 44.4 Å². The summed E-state index contributed by atoms with van der Waals surface area (Å²) in [6.45, 7) is 3.28. The molecule has 1 aromatic heterocycles. The van der Waals surface area contributed by atoms with Crippen LogP contribution in [-0.2, 0) is 9.47 Å². The predicted octanol–water partition coefficient (Wildman–Crippen LogP) is 5.41. The van der Waals surface area contributed by atoms with E-state index in [9.17, 15) is 4.39 Å². The molecule has 4 fully saturated rings. The van der Waals surface area contributed by atoms with E-state index < -0.39 is 12.0 Å². The van der Waals surface area contributed by atoms with Crippen molar-refractivity contribution < 1.29 is 27.7 Å². The van der Waals surface area contributed by atoms with Gasteiger partial charge in [0.15, 0.2) is 17.9 Å². The molecular formula is C27H32BrClF2N4O4. The first-order valence-corrected chi connectivity index (χ1v) is 15.2. The maximum Gasteiger partial charge on any atom is 0.319 e. The first-order chi connectivity index (χ1) is 18.9. The van der Waals surface area contributed by atoms with Crippen molar-refractivity contribution in [3.05, 3.63) is 15.3 Å². The minimum Gasteiger partial charge on any atom is -0.489 e. The molecule has 0 N–H and O–H groups in total. The third-order valence-electron chi connectivity index (χ3n) is 8.96. The SMILES string of the molecule is Fc1c(Br)c(Cl)c2c3c(nc(OC[C@@]45CCCN4CC(F)C5)nc13)N1CCC(OC3CCCCO3)CC1CO2. The van der Waals surface area contributed by atoms with Crippen LogP contribution in [0.3, 0.4) is 0 Å². The third-order valence-corrected chi connectivity index (χ3v) is 10.3. The second-order valence-corrected chi connectivity index (χ2v) is 12.6. The summed E-state index contributed by atoms with van der Waals surface area (Å²) in [5.74, 6) is 0.316. The van der Waals surface area contributed by atoms with Gasteiger partial charge < -0.3 is 23.8 Å². The Balaban J connectivity index is 1.21. The monoisotopic (exact) mass is 628 g/mol. The maximum absolute atomic E-state index is 15.6. The molecule has 0 aliphatic carbocycles. The smallest absolute Gasteiger partial charge is 0.319 e. The number of hydrogen-bond donors (Lipinski definition) is 0. The summed E-state index contributed by atoms with van der Waals surface area (Å²) in [7, 11) is 0. The van der Waals surface area contributed by atoms with E-state index >= 15 is 4.39 Å². The van der Waals surface area contributed by atoms with Gasteiger partial charge in [0, 0.05) is 26.1 Å². The van der Waals surface area contributed by atoms with Crippen LogP contribution < -0.4 is 14.4 Å². The largest absolute Gasteiger partial charge is 0.489 e. The summed E-state index contributed by atoms with van der Waals surface area (Å²) in [6.07, 6.45) is 5.86. The lowest BCUT2D eigenvalue weighted by Crippen LogP contribution is -2.49. The first kappa shape index (κ1) is 26.4. The molecule has 0 spiro atoms. The Hall–Kier alpha value is -1.53. The molecular weight excluding hydrogens is 598 g/mol. The first-order valence-electron chi connectivity index (χ1n) is 14.0. The highest BCUT2D eigenvalue weighted by Crippen LogP contribution is 2.48. The molecule has 8 nitrogen and oxygen atoms in total. The van der Waals surface area contributed by atoms with Crippen LogP contribution >= 0.6 is 27.5 Å². The highest BCUT2D eigenvalue weighted by Gasteiger charge is 2.49. The predicted molar refractivity (Wildman–Crippen MR) is 145 cm³/mol. The Labute approximate surface area is 239 Å². The molecule has 39 heavy (non-hydrogen) atoms. The van der Waals surface area contributed by atoms with E-state index in [-0.39, 0.29) is 51.6 Å². The van der Waals surface area contributed by atoms with Crippen molar-refractivity contribution in [1.29, 1.82) is 0 Å². The second-order valence-electron chi connectivity index (χ2n) is 11.4. The molecule has 212 valence electrons. The van der Waals surface area contributed by atoms with E-state index in [0.29, 0.717) is 49.5 Å². The van der Waals surface area contributed by atoms with E-state index in [0.717, 1.165) is 51.7 Å². The fraction of sp³-hybridized carbons (Fsp3) is 0.704. The average Bonchev–Trinajstić information content (AvgIpc) is 3.41. The number of aromatic nitrogens is 2. The highest BCUT2D eigenvalue weighted by molar-refractivity contribution is 9.10. The Kier molecular flexibility index (Phi) is 7.02. The van der Waals surface area contributed by atoms with E-state index in [1.807, 2.05) is 0 Å². The minimum atomic E-state index is -0.866. The van der Waals surface area contributed by atoms with E-state index in [4.69, 9.17) is 35.5 Å². The topological polar surface area (TPSA) is 69.2 Å². The van der Waals surface area contributed by atoms with Crippen LogP contribution in [0.1, 0.15) is 51.4 Å². The van der Waals surface area contributed by atoms with Gasteiger partial charge in [-0.3, -0.25) is 4.90 Å². The number of hydrogen-bond acceptors (Lipinski definition) is 8. The Morgan fingerprint density at radius 3 is 2.92 bits per heavy atom. The molecule has 12 heteroatoms. The van der Waals surface area contributed by atoms with Crippen LogP contribution in [0.5, 0.6) is 11.8 Å². The zero-order chi connectivity index (χ0) is 26.7. The number of benzene rings is 1. The molecule has 5 atom stereocenters. The van der Waals surface area contributed by atoms with Gasteiger partial charge in [0.1, 0.15) is 35.7 Å². The van der Waals surface area contributed by atoms with Gasteiger partial charge in [0.25, 0.3) is 0 Å². The maximum atomic E-state index is 15.6. The second kappa shape index (κ2) is 10.4. The lowest BCUT2D eigenvalue weighted by atomic mass is 9.95. The summed E-state index contributed by atoms with van der Waals surface area (Å²) in [5, 5.41) is 0.595. The zero-order valence-electron chi connectivity index (χ0n) is 21.6. The van der Waals surface area contributed by atoms with Gasteiger partial charge in [-0.1, -0.05) is 11.6 Å². The summed E-state index contributed by atoms with van der Waals surface area (Å²) < 4.78 is 54.5. The zero-order valence-corrected chi connectivity index (χ0v) is 24.0. The number of fused-ring (bicyclic) bond motifs is 3. The summed E-state index contributed by atoms with van der Waals surface area (Å²) >= 11 is 9.86. The van der Waals surface area contributed by atoms with Crippen molar-refractivity contribution in [2.24, 2.45) is 0 Å². The molecule has 7 rings (SSSR count). The molecule has 5 aliphatic rings. The standard InChI is InChI=1S/C27H32BrClF2N4O4/c28-20-21(29)24-19-23(22(20)31)32-26(38-14-27-6-3-7-34(27)12-15(30)11-27)33-25(19)35-8-5-17(10-16(35)13-37-24)39-18-4-1-2-9-36-18/h15-18H,1-14H2/t15?,16?,17?,18?,27-/m0/s1. The van der Waals surface area contributed by atoms with Gasteiger partial charge in [0.2, 0.25) is 0 Å². The number of alkyl halides is 1. The lowest BCUT2D eigenvalue weighted by Gasteiger charge is -2.40. The molecule has 1 aromatic carbocycles. The van der Waals surface area contributed by atoms with Gasteiger partial charge >= 0.3 is 6.01 Å². The van der Waals surface area contributed by atoms with E-state index in [2.05, 4.69) is 30.7 Å². The van der Waals surface area contributed by atoms with Crippen molar-refractivity contribution in [1.82, 2.24) is 14.9 Å². The van der Waals surface area contributed by atoms with Gasteiger partial charge in [0.05, 0.1) is 27.5 Å². The molecule has 0 amide bonds. The Bertz CT molecular complexity index is 1270. The number of piperidine rings is 1. The van der Waals surface area contributed by atoms with Crippen LogP contribution in [0.2, 0.25) is 5.02 Å². The summed E-state index contributed by atoms with van der Waals surface area (Å²) in [6, 6.07) is 0.0179. The van der Waals surface area contributed by atoms with Crippen molar-refractivity contribution in [3.63, 3.8) is 0 Å². The third kappa shape index (κ3) is 4.66. The molecule has 2 aromatic rings. The molecule has 6 heterocycles. The van der Waals surface area contributed by atoms with Gasteiger partial charge in [-0.05, 0) is 67.4 Å². The molecule has 0 radical (unpaired) electrons. The fourth-order valence-corrected chi connectivity index (χ4v) is 7.65. The van der Waals surface area contributed by atoms with Crippen LogP contribution in [0.15, 0.2) is 4.47 Å². The van der Waals surface area contributed by atoms with Crippen molar-refractivity contribution >= 4 is 44.3 Å². The molecule has 4 saturated heterocycles. The van der Waals surface area contributed by atoms with E-state index in [1.165, 1.54) is 0 Å². The average molecular weight is 630 g/mol. The van der Waals surface area contributed by atoms with Crippen LogP contribution in [-0.4, -0.2) is 84.5 Å². The van der Waals surface area contributed by atoms with Gasteiger partial charge in [-0.2, -0.15) is 9.97 Å². The normalized spacial score (nSPS) is 32.6. The summed E-state index contributed by atoms with van der Waals surface area (Å²) in [4.78, 5) is 13.6. The van der Waals surface area contributed by atoms with Gasteiger partial charge in [-0.25, -0.2) is 8.78 Å². The van der Waals surface area contributed by atoms with Crippen LogP contribution in [0.4, 0.5) is 14.6 Å². The lowest BCUT2D eigenvalue weighted by molar-refractivity contribution is -0.193. The van der Waals surface area contributed by atoms with Crippen LogP contribution in [0.25, 0.3) is 10.9 Å². The number of nitrogens with zero attached hydrogens (tertiary/aromatic N) is 4. The molecule has 0 saturated carbocycles. The number of anilines is 1. The van der Waals surface area contributed by atoms with Crippen molar-refractivity contribution in [3.8, 4) is 11.8 Å². The Morgan fingerprint density at radius 1 is 1.18 bits per heavy atom.